The molecule has 2 amide bonds. The normalized spacial score (nSPS) is 22.8. The van der Waals surface area contributed by atoms with Gasteiger partial charge < -0.3 is 9.84 Å². The van der Waals surface area contributed by atoms with Crippen LogP contribution in [0.4, 0.5) is 4.79 Å². The van der Waals surface area contributed by atoms with Crippen molar-refractivity contribution in [2.45, 2.75) is 39.8 Å². The first kappa shape index (κ1) is 13.0. The minimum atomic E-state index is -1.15. The molecule has 16 heavy (non-hydrogen) atoms. The molecule has 1 rings (SSSR count). The fraction of sp³-hybridized carbons (Fsp3) is 0.818. The number of nitrogens with zero attached hydrogens (tertiary/aromatic N) is 1. The van der Waals surface area contributed by atoms with E-state index in [0.29, 0.717) is 0 Å². The van der Waals surface area contributed by atoms with Crippen LogP contribution in [0.3, 0.4) is 0 Å². The molecule has 0 saturated carbocycles. The predicted octanol–water partition coefficient (Wildman–Crippen LogP) is 1.01. The van der Waals surface area contributed by atoms with Gasteiger partial charge in [0, 0.05) is 0 Å². The van der Waals surface area contributed by atoms with E-state index >= 15 is 0 Å². The SMILES string of the molecule is CC(C)[C@H](O)C(=O)N1C(=O)OC[C@@H]1C(C)C. The fourth-order valence-corrected chi connectivity index (χ4v) is 1.61. The highest BCUT2D eigenvalue weighted by Crippen LogP contribution is 2.21. The van der Waals surface area contributed by atoms with Crippen LogP contribution in [0.2, 0.25) is 0 Å². The zero-order chi connectivity index (χ0) is 12.5. The van der Waals surface area contributed by atoms with Crippen LogP contribution in [0.25, 0.3) is 0 Å². The van der Waals surface area contributed by atoms with Crippen LogP contribution in [0.15, 0.2) is 0 Å². The van der Waals surface area contributed by atoms with Gasteiger partial charge in [-0.15, -0.1) is 0 Å². The number of ether oxygens (including phenoxy) is 1. The molecule has 92 valence electrons. The van der Waals surface area contributed by atoms with E-state index in [4.69, 9.17) is 4.74 Å². The zero-order valence-electron chi connectivity index (χ0n) is 10.1. The molecule has 1 aliphatic rings. The first-order valence-electron chi connectivity index (χ1n) is 5.54. The first-order valence-corrected chi connectivity index (χ1v) is 5.54. The maximum atomic E-state index is 11.9. The summed E-state index contributed by atoms with van der Waals surface area (Å²) in [5.41, 5.74) is 0. The van der Waals surface area contributed by atoms with Crippen molar-refractivity contribution >= 4 is 12.0 Å². The molecule has 5 heteroatoms. The number of carbonyl (C=O) groups excluding carboxylic acids is 2. The Hall–Kier alpha value is -1.10. The average molecular weight is 229 g/mol. The molecule has 5 nitrogen and oxygen atoms in total. The highest BCUT2D eigenvalue weighted by molar-refractivity contribution is 5.95. The summed E-state index contributed by atoms with van der Waals surface area (Å²) in [5.74, 6) is -0.653. The molecule has 0 aliphatic carbocycles. The van der Waals surface area contributed by atoms with Gasteiger partial charge in [-0.2, -0.15) is 0 Å². The third kappa shape index (κ3) is 2.35. The van der Waals surface area contributed by atoms with Gasteiger partial charge in [0.15, 0.2) is 0 Å². The van der Waals surface area contributed by atoms with Gasteiger partial charge in [-0.05, 0) is 11.8 Å². The Bertz CT molecular complexity index is 288. The second-order valence-corrected chi connectivity index (χ2v) is 4.79. The van der Waals surface area contributed by atoms with E-state index in [1.165, 1.54) is 0 Å². The summed E-state index contributed by atoms with van der Waals surface area (Å²) in [5, 5.41) is 9.67. The molecular formula is C11H19NO4. The van der Waals surface area contributed by atoms with Crippen molar-refractivity contribution < 1.29 is 19.4 Å². The van der Waals surface area contributed by atoms with Gasteiger partial charge in [-0.3, -0.25) is 4.79 Å². The molecule has 2 atom stereocenters. The predicted molar refractivity (Wildman–Crippen MR) is 57.7 cm³/mol. The van der Waals surface area contributed by atoms with Crippen LogP contribution in [-0.2, 0) is 9.53 Å². The second-order valence-electron chi connectivity index (χ2n) is 4.79. The highest BCUT2D eigenvalue weighted by atomic mass is 16.6. The minimum Gasteiger partial charge on any atom is -0.447 e. The monoisotopic (exact) mass is 229 g/mol. The maximum Gasteiger partial charge on any atom is 0.417 e. The van der Waals surface area contributed by atoms with Gasteiger partial charge >= 0.3 is 6.09 Å². The Morgan fingerprint density at radius 1 is 1.44 bits per heavy atom. The Labute approximate surface area is 95.4 Å². The second kappa shape index (κ2) is 4.82. The summed E-state index contributed by atoms with van der Waals surface area (Å²) in [6.07, 6.45) is -1.80. The largest absolute Gasteiger partial charge is 0.447 e. The summed E-state index contributed by atoms with van der Waals surface area (Å²) in [4.78, 5) is 24.4. The van der Waals surface area contributed by atoms with Gasteiger partial charge in [-0.25, -0.2) is 9.69 Å². The summed E-state index contributed by atoms with van der Waals surface area (Å²) in [6.45, 7) is 7.50. The van der Waals surface area contributed by atoms with Crippen molar-refractivity contribution in [3.05, 3.63) is 0 Å². The van der Waals surface area contributed by atoms with Gasteiger partial charge in [0.05, 0.1) is 6.04 Å². The first-order chi connectivity index (χ1) is 7.36. The van der Waals surface area contributed by atoms with Crippen molar-refractivity contribution in [3.63, 3.8) is 0 Å². The lowest BCUT2D eigenvalue weighted by Crippen LogP contribution is -2.48. The van der Waals surface area contributed by atoms with E-state index in [-0.39, 0.29) is 24.5 Å². The van der Waals surface area contributed by atoms with Crippen LogP contribution in [0.5, 0.6) is 0 Å². The standard InChI is InChI=1S/C11H19NO4/c1-6(2)8-5-16-11(15)12(8)10(14)9(13)7(3)4/h6-9,13H,5H2,1-4H3/t8-,9+/m1/s1. The smallest absolute Gasteiger partial charge is 0.417 e. The molecule has 0 spiro atoms. The van der Waals surface area contributed by atoms with Crippen LogP contribution < -0.4 is 0 Å². The number of carbonyl (C=O) groups is 2. The molecule has 1 N–H and O–H groups in total. The quantitative estimate of drug-likeness (QED) is 0.784. The molecule has 1 saturated heterocycles. The molecule has 1 aliphatic heterocycles. The van der Waals surface area contributed by atoms with E-state index in [1.807, 2.05) is 13.8 Å². The highest BCUT2D eigenvalue weighted by Gasteiger charge is 2.42. The Morgan fingerprint density at radius 3 is 2.44 bits per heavy atom. The van der Waals surface area contributed by atoms with Gasteiger partial charge in [-0.1, -0.05) is 27.7 Å². The maximum absolute atomic E-state index is 11.9. The van der Waals surface area contributed by atoms with Gasteiger partial charge in [0.2, 0.25) is 0 Å². The average Bonchev–Trinajstić information content (AvgIpc) is 2.57. The molecular weight excluding hydrogens is 210 g/mol. The molecule has 1 heterocycles. The minimum absolute atomic E-state index is 0.120. The topological polar surface area (TPSA) is 66.8 Å². The number of aliphatic hydroxyl groups excluding tert-OH is 1. The van der Waals surface area contributed by atoms with Crippen LogP contribution >= 0.6 is 0 Å². The van der Waals surface area contributed by atoms with E-state index in [9.17, 15) is 14.7 Å². The van der Waals surface area contributed by atoms with Crippen LogP contribution in [0, 0.1) is 11.8 Å². The summed E-state index contributed by atoms with van der Waals surface area (Å²) < 4.78 is 4.85. The van der Waals surface area contributed by atoms with Crippen molar-refractivity contribution in [1.82, 2.24) is 4.90 Å². The molecule has 0 aromatic carbocycles. The number of hydrogen-bond donors (Lipinski definition) is 1. The van der Waals surface area contributed by atoms with Crippen molar-refractivity contribution in [1.29, 1.82) is 0 Å². The number of amides is 2. The number of imide groups is 1. The lowest BCUT2D eigenvalue weighted by molar-refractivity contribution is -0.140. The van der Waals surface area contributed by atoms with Crippen LogP contribution in [-0.4, -0.2) is 40.8 Å². The van der Waals surface area contributed by atoms with E-state index in [1.54, 1.807) is 13.8 Å². The Morgan fingerprint density at radius 2 is 2.00 bits per heavy atom. The fourth-order valence-electron chi connectivity index (χ4n) is 1.61. The van der Waals surface area contributed by atoms with E-state index < -0.39 is 18.1 Å². The summed E-state index contributed by atoms with van der Waals surface area (Å²) in [6, 6.07) is -0.270. The van der Waals surface area contributed by atoms with Crippen molar-refractivity contribution in [2.24, 2.45) is 11.8 Å². The molecule has 0 bridgehead atoms. The molecule has 0 aromatic rings. The number of cyclic esters (lactones) is 1. The molecule has 1 fully saturated rings. The Kier molecular flexibility index (Phi) is 3.91. The molecule has 0 unspecified atom stereocenters. The van der Waals surface area contributed by atoms with Crippen molar-refractivity contribution in [2.75, 3.05) is 6.61 Å². The van der Waals surface area contributed by atoms with Gasteiger partial charge in [0.1, 0.15) is 12.7 Å². The summed E-state index contributed by atoms with van der Waals surface area (Å²) >= 11 is 0. The molecule has 0 aromatic heterocycles. The van der Waals surface area contributed by atoms with Crippen molar-refractivity contribution in [3.8, 4) is 0 Å². The third-order valence-corrected chi connectivity index (χ3v) is 2.80. The van der Waals surface area contributed by atoms with Gasteiger partial charge in [0.25, 0.3) is 5.91 Å². The third-order valence-electron chi connectivity index (χ3n) is 2.80. The number of aliphatic hydroxyl groups is 1. The van der Waals surface area contributed by atoms with E-state index in [0.717, 1.165) is 4.90 Å². The summed E-state index contributed by atoms with van der Waals surface area (Å²) in [7, 11) is 0. The van der Waals surface area contributed by atoms with Crippen LogP contribution in [0.1, 0.15) is 27.7 Å². The lowest BCUT2D eigenvalue weighted by atomic mass is 10.0. The Balaban J connectivity index is 2.83. The molecule has 0 radical (unpaired) electrons. The lowest BCUT2D eigenvalue weighted by Gasteiger charge is -2.25. The number of rotatable bonds is 3. The number of hydrogen-bond acceptors (Lipinski definition) is 4. The zero-order valence-corrected chi connectivity index (χ0v) is 10.1. The van der Waals surface area contributed by atoms with E-state index in [2.05, 4.69) is 0 Å².